The molecule has 3 heterocycles. The minimum absolute atomic E-state index is 0.0535. The highest BCUT2D eigenvalue weighted by atomic mass is 28.4. The van der Waals surface area contributed by atoms with E-state index in [0.29, 0.717) is 12.8 Å². The van der Waals surface area contributed by atoms with Gasteiger partial charge in [0.25, 0.3) is 8.32 Å². The zero-order valence-electron chi connectivity index (χ0n) is 44.9. The first-order valence-electron chi connectivity index (χ1n) is 26.8. The predicted molar refractivity (Wildman–Crippen MR) is 303 cm³/mol. The van der Waals surface area contributed by atoms with Crippen molar-refractivity contribution in [2.75, 3.05) is 13.2 Å². The van der Waals surface area contributed by atoms with Crippen LogP contribution < -0.4 is 37.0 Å². The van der Waals surface area contributed by atoms with Gasteiger partial charge in [-0.2, -0.15) is 0 Å². The predicted octanol–water partition coefficient (Wildman–Crippen LogP) is 7.49. The molecule has 8 rings (SSSR count). The van der Waals surface area contributed by atoms with Gasteiger partial charge in [-0.15, -0.1) is 0 Å². The van der Waals surface area contributed by atoms with Crippen LogP contribution in [-0.2, 0) is 52.5 Å². The summed E-state index contributed by atoms with van der Waals surface area (Å²) >= 11 is 0. The zero-order valence-corrected chi connectivity index (χ0v) is 45.9. The van der Waals surface area contributed by atoms with Gasteiger partial charge < -0.3 is 50.5 Å². The fourth-order valence-corrected chi connectivity index (χ4v) is 15.1. The lowest BCUT2D eigenvalue weighted by Crippen LogP contribution is -2.67. The largest absolute Gasteiger partial charge is 0.445 e. The van der Waals surface area contributed by atoms with Crippen molar-refractivity contribution in [3.8, 4) is 0 Å². The second-order valence-electron chi connectivity index (χ2n) is 21.5. The van der Waals surface area contributed by atoms with E-state index in [1.165, 1.54) is 0 Å². The van der Waals surface area contributed by atoms with Crippen LogP contribution in [0.5, 0.6) is 0 Å². The first-order valence-corrected chi connectivity index (χ1v) is 28.7. The fraction of sp³-hybridized carbons (Fsp3) is 0.361. The van der Waals surface area contributed by atoms with E-state index in [9.17, 15) is 24.0 Å². The summed E-state index contributed by atoms with van der Waals surface area (Å²) < 4.78 is 18.7. The van der Waals surface area contributed by atoms with E-state index in [4.69, 9.17) is 13.9 Å². The topological polar surface area (TPSA) is 205 Å². The third-order valence-electron chi connectivity index (χ3n) is 14.4. The van der Waals surface area contributed by atoms with Crippen molar-refractivity contribution in [2.24, 2.45) is 5.92 Å². The maximum absolute atomic E-state index is 14.8. The maximum Gasteiger partial charge on any atom is 0.407 e. The number of hydrogen-bond acceptors (Lipinski definition) is 8. The maximum atomic E-state index is 14.8. The molecule has 0 saturated carbocycles. The molecule has 0 bridgehead atoms. The van der Waals surface area contributed by atoms with Gasteiger partial charge >= 0.3 is 6.09 Å². The number of amides is 5. The first kappa shape index (κ1) is 55.7. The third-order valence-corrected chi connectivity index (χ3v) is 19.4. The molecule has 7 N–H and O–H groups in total. The number of rotatable bonds is 23. The highest BCUT2D eigenvalue weighted by Crippen LogP contribution is 2.36. The lowest BCUT2D eigenvalue weighted by Gasteiger charge is -2.43. The molecule has 0 spiro atoms. The van der Waals surface area contributed by atoms with E-state index in [1.54, 1.807) is 6.92 Å². The summed E-state index contributed by atoms with van der Waals surface area (Å²) in [5.41, 5.74) is 4.23. The van der Waals surface area contributed by atoms with E-state index < -0.39 is 74.4 Å². The van der Waals surface area contributed by atoms with Crippen LogP contribution in [0.4, 0.5) is 4.79 Å². The molecule has 0 unspecified atom stereocenters. The number of aromatic amines is 2. The molecule has 2 aromatic heterocycles. The quantitative estimate of drug-likeness (QED) is 0.0252. The molecule has 6 atom stereocenters. The van der Waals surface area contributed by atoms with Gasteiger partial charge in [0.05, 0.1) is 18.8 Å². The molecule has 77 heavy (non-hydrogen) atoms. The van der Waals surface area contributed by atoms with E-state index in [1.807, 2.05) is 142 Å². The fourth-order valence-electron chi connectivity index (χ4n) is 10.5. The lowest BCUT2D eigenvalue weighted by atomic mass is 9.99. The summed E-state index contributed by atoms with van der Waals surface area (Å²) in [6.07, 6.45) is 3.00. The molecule has 15 nitrogen and oxygen atoms in total. The van der Waals surface area contributed by atoms with Crippen molar-refractivity contribution in [2.45, 2.75) is 122 Å². The number of carbonyl (C=O) groups excluding carboxylic acids is 5. The lowest BCUT2D eigenvalue weighted by molar-refractivity contribution is -0.137. The molecule has 5 aromatic carbocycles. The number of aromatic nitrogens is 2. The molecule has 1 aliphatic heterocycles. The molecule has 7 aromatic rings. The van der Waals surface area contributed by atoms with Gasteiger partial charge in [0.2, 0.25) is 23.6 Å². The van der Waals surface area contributed by atoms with Crippen molar-refractivity contribution >= 4 is 70.2 Å². The van der Waals surface area contributed by atoms with E-state index in [2.05, 4.69) is 81.6 Å². The third kappa shape index (κ3) is 13.9. The minimum atomic E-state index is -2.91. The SMILES string of the molecule is CC(C)C[C@@H](NC(=O)[C@H](Cc1c[nH]c2ccccc12)NC(=O)[C@H]1CC[C@@H]([C@H](C)NC(=O)OCc2ccccc2)O1)C(=O)N[C@@H](Cc1c[nH]c2ccccc12)C(=O)NCCO[Si](c1ccccc1)(c1ccccc1)C(C)(C)C. The number of hydrogen-bond donors (Lipinski definition) is 7. The Kier molecular flexibility index (Phi) is 18.5. The van der Waals surface area contributed by atoms with Gasteiger partial charge in [0.15, 0.2) is 0 Å². The molecule has 5 amide bonds. The van der Waals surface area contributed by atoms with Gasteiger partial charge in [-0.25, -0.2) is 4.79 Å². The van der Waals surface area contributed by atoms with Gasteiger partial charge in [-0.3, -0.25) is 19.2 Å². The van der Waals surface area contributed by atoms with Crippen molar-refractivity contribution in [1.82, 2.24) is 36.6 Å². The average Bonchev–Trinajstić information content (AvgIpc) is 4.26. The smallest absolute Gasteiger partial charge is 0.407 e. The Morgan fingerprint density at radius 3 is 1.69 bits per heavy atom. The van der Waals surface area contributed by atoms with Gasteiger partial charge in [-0.05, 0) is 76.3 Å². The van der Waals surface area contributed by atoms with Crippen LogP contribution in [0.3, 0.4) is 0 Å². The van der Waals surface area contributed by atoms with E-state index in [0.717, 1.165) is 48.9 Å². The van der Waals surface area contributed by atoms with E-state index in [-0.39, 0.29) is 50.0 Å². The highest BCUT2D eigenvalue weighted by Gasteiger charge is 2.50. The molecular formula is C61H73N7O8Si. The normalized spacial score (nSPS) is 16.3. The van der Waals surface area contributed by atoms with Crippen LogP contribution in [0.25, 0.3) is 21.8 Å². The van der Waals surface area contributed by atoms with Gasteiger partial charge in [0, 0.05) is 53.6 Å². The minimum Gasteiger partial charge on any atom is -0.445 e. The molecule has 1 saturated heterocycles. The number of alkyl carbamates (subject to hydrolysis) is 1. The standard InChI is InChI=1S/C61H73N7O8Si/c1-40(2)34-51(66-58(71)53(36-44-38-64-50-29-19-17-27-48(44)50)68-59(72)55-31-30-54(76-55)41(3)65-60(73)74-39-42-20-10-7-11-21-42)57(70)67-52(35-43-37-63-49-28-18-16-26-47(43)49)56(69)62-32-33-75-77(61(4,5)6,45-22-12-8-13-23-45)46-24-14-9-15-25-46/h7-29,37-38,40-41,51-55,63-64H,30-36,39H2,1-6H3,(H,62,69)(H,65,73)(H,66,71)(H,67,70)(H,68,72)/t41-,51+,52-,53-,54-,55+/m0/s1. The van der Waals surface area contributed by atoms with Crippen LogP contribution in [0.15, 0.2) is 152 Å². The number of nitrogens with one attached hydrogen (secondary N) is 7. The summed E-state index contributed by atoms with van der Waals surface area (Å²) in [6, 6.07) is 41.7. The second-order valence-corrected chi connectivity index (χ2v) is 25.8. The Labute approximate surface area is 452 Å². The number of ether oxygens (including phenoxy) is 2. The molecule has 1 fully saturated rings. The highest BCUT2D eigenvalue weighted by molar-refractivity contribution is 6.99. The summed E-state index contributed by atoms with van der Waals surface area (Å²) in [7, 11) is -2.91. The van der Waals surface area contributed by atoms with Crippen molar-refractivity contribution in [1.29, 1.82) is 0 Å². The average molecular weight is 1060 g/mol. The monoisotopic (exact) mass is 1060 g/mol. The van der Waals surface area contributed by atoms with Crippen molar-refractivity contribution < 1.29 is 37.9 Å². The van der Waals surface area contributed by atoms with Crippen LogP contribution in [0.1, 0.15) is 77.5 Å². The number of para-hydroxylation sites is 2. The summed E-state index contributed by atoms with van der Waals surface area (Å²) in [6.45, 7) is 12.8. The van der Waals surface area contributed by atoms with Gasteiger partial charge in [0.1, 0.15) is 30.8 Å². The van der Waals surface area contributed by atoms with Crippen LogP contribution in [0.2, 0.25) is 5.04 Å². The Morgan fingerprint density at radius 2 is 1.13 bits per heavy atom. The first-order chi connectivity index (χ1) is 37.1. The number of H-pyrrole nitrogens is 2. The Hall–Kier alpha value is -7.53. The second kappa shape index (κ2) is 25.5. The Balaban J connectivity index is 0.977. The van der Waals surface area contributed by atoms with Crippen LogP contribution in [0, 0.1) is 5.92 Å². The Bertz CT molecular complexity index is 3050. The molecule has 16 heteroatoms. The summed E-state index contributed by atoms with van der Waals surface area (Å²) in [5, 5.41) is 18.7. The Morgan fingerprint density at radius 1 is 0.623 bits per heavy atom. The summed E-state index contributed by atoms with van der Waals surface area (Å²) in [5.74, 6) is -2.07. The zero-order chi connectivity index (χ0) is 54.5. The van der Waals surface area contributed by atoms with Gasteiger partial charge in [-0.1, -0.05) is 162 Å². The molecule has 0 aliphatic carbocycles. The summed E-state index contributed by atoms with van der Waals surface area (Å²) in [4.78, 5) is 77.5. The van der Waals surface area contributed by atoms with Crippen molar-refractivity contribution in [3.05, 3.63) is 169 Å². The number of fused-ring (bicyclic) bond motifs is 2. The molecule has 404 valence electrons. The van der Waals surface area contributed by atoms with Crippen LogP contribution in [-0.4, -0.2) is 97.5 Å². The number of carbonyl (C=O) groups is 5. The van der Waals surface area contributed by atoms with E-state index >= 15 is 0 Å². The molecular weight excluding hydrogens is 987 g/mol. The number of benzene rings is 5. The van der Waals surface area contributed by atoms with Crippen molar-refractivity contribution in [3.63, 3.8) is 0 Å². The molecule has 0 radical (unpaired) electrons. The molecule has 1 aliphatic rings. The van der Waals surface area contributed by atoms with Crippen LogP contribution >= 0.6 is 0 Å².